The van der Waals surface area contributed by atoms with E-state index in [1.807, 2.05) is 6.92 Å². The van der Waals surface area contributed by atoms with Crippen molar-refractivity contribution >= 4 is 11.7 Å². The Morgan fingerprint density at radius 2 is 2.24 bits per heavy atom. The Bertz CT molecular complexity index is 504. The van der Waals surface area contributed by atoms with Gasteiger partial charge in [0.1, 0.15) is 6.04 Å². The minimum absolute atomic E-state index is 0.128. The first kappa shape index (κ1) is 16.9. The van der Waals surface area contributed by atoms with Crippen molar-refractivity contribution in [1.29, 1.82) is 0 Å². The molecular formula is C14H20N2O5. The molecule has 7 heteroatoms. The number of hydrogen-bond acceptors (Lipinski definition) is 5. The van der Waals surface area contributed by atoms with Gasteiger partial charge < -0.3 is 15.2 Å². The Balaban J connectivity index is 2.76. The number of ether oxygens (including phenoxy) is 1. The third-order valence-corrected chi connectivity index (χ3v) is 3.14. The van der Waals surface area contributed by atoms with E-state index in [2.05, 4.69) is 5.32 Å². The topological polar surface area (TPSA) is 102 Å². The Morgan fingerprint density at radius 1 is 1.52 bits per heavy atom. The first-order chi connectivity index (χ1) is 9.99. The van der Waals surface area contributed by atoms with E-state index in [1.165, 1.54) is 19.2 Å². The molecule has 0 amide bonds. The van der Waals surface area contributed by atoms with Crippen LogP contribution in [-0.4, -0.2) is 29.2 Å². The van der Waals surface area contributed by atoms with Crippen LogP contribution in [0.3, 0.4) is 0 Å². The van der Waals surface area contributed by atoms with Crippen molar-refractivity contribution in [3.05, 3.63) is 33.9 Å². The summed E-state index contributed by atoms with van der Waals surface area (Å²) in [5.74, 6) is -0.726. The number of hydrogen-bond donors (Lipinski definition) is 2. The summed E-state index contributed by atoms with van der Waals surface area (Å²) in [6.45, 7) is 2.25. The average molecular weight is 296 g/mol. The third-order valence-electron chi connectivity index (χ3n) is 3.14. The van der Waals surface area contributed by atoms with E-state index in [9.17, 15) is 14.9 Å². The van der Waals surface area contributed by atoms with E-state index in [-0.39, 0.29) is 18.0 Å². The van der Waals surface area contributed by atoms with Crippen LogP contribution >= 0.6 is 0 Å². The second kappa shape index (κ2) is 8.21. The fourth-order valence-corrected chi connectivity index (χ4v) is 1.95. The predicted octanol–water partition coefficient (Wildman–Crippen LogP) is 2.34. The molecule has 1 atom stereocenters. The molecule has 1 aromatic carbocycles. The molecule has 0 spiro atoms. The molecule has 1 aromatic rings. The highest BCUT2D eigenvalue weighted by Gasteiger charge is 2.18. The van der Waals surface area contributed by atoms with Crippen LogP contribution < -0.4 is 10.1 Å². The molecule has 0 unspecified atom stereocenters. The highest BCUT2D eigenvalue weighted by molar-refractivity contribution is 5.73. The lowest BCUT2D eigenvalue weighted by Gasteiger charge is -2.14. The second-order valence-electron chi connectivity index (χ2n) is 4.68. The van der Waals surface area contributed by atoms with E-state index >= 15 is 0 Å². The normalized spacial score (nSPS) is 11.9. The lowest BCUT2D eigenvalue weighted by Crippen LogP contribution is -2.36. The van der Waals surface area contributed by atoms with Crippen molar-refractivity contribution in [3.8, 4) is 5.75 Å². The largest absolute Gasteiger partial charge is 0.490 e. The maximum absolute atomic E-state index is 11.1. The standard InChI is InChI=1S/C14H20N2O5/c1-3-4-5-11(14(17)18)15-9-10-6-7-13(21-2)12(8-10)16(19)20/h6-8,11,15H,3-5,9H2,1-2H3,(H,17,18)/t11-/m0/s1. The fraction of sp³-hybridized carbons (Fsp3) is 0.500. The molecule has 21 heavy (non-hydrogen) atoms. The maximum atomic E-state index is 11.1. The van der Waals surface area contributed by atoms with Gasteiger partial charge in [0, 0.05) is 12.6 Å². The number of unbranched alkanes of at least 4 members (excludes halogenated alkanes) is 1. The number of nitro benzene ring substituents is 1. The number of aliphatic carboxylic acids is 1. The number of carbonyl (C=O) groups is 1. The number of rotatable bonds is 9. The number of nitro groups is 1. The fourth-order valence-electron chi connectivity index (χ4n) is 1.95. The Morgan fingerprint density at radius 3 is 2.76 bits per heavy atom. The van der Waals surface area contributed by atoms with Gasteiger partial charge in [0.25, 0.3) is 0 Å². The van der Waals surface area contributed by atoms with Gasteiger partial charge in [-0.15, -0.1) is 0 Å². The summed E-state index contributed by atoms with van der Waals surface area (Å²) in [6, 6.07) is 3.94. The van der Waals surface area contributed by atoms with Crippen molar-refractivity contribution in [2.45, 2.75) is 38.8 Å². The van der Waals surface area contributed by atoms with E-state index in [0.29, 0.717) is 12.0 Å². The molecule has 1 rings (SSSR count). The van der Waals surface area contributed by atoms with Crippen molar-refractivity contribution in [3.63, 3.8) is 0 Å². The maximum Gasteiger partial charge on any atom is 0.320 e. The minimum atomic E-state index is -0.911. The van der Waals surface area contributed by atoms with Crippen molar-refractivity contribution in [1.82, 2.24) is 5.32 Å². The summed E-state index contributed by atoms with van der Waals surface area (Å²) in [5.41, 5.74) is 0.516. The monoisotopic (exact) mass is 296 g/mol. The molecule has 0 aliphatic carbocycles. The lowest BCUT2D eigenvalue weighted by molar-refractivity contribution is -0.385. The van der Waals surface area contributed by atoms with E-state index in [4.69, 9.17) is 9.84 Å². The van der Waals surface area contributed by atoms with Crippen LogP contribution in [0, 0.1) is 10.1 Å². The predicted molar refractivity (Wildman–Crippen MR) is 77.4 cm³/mol. The number of nitrogens with zero attached hydrogens (tertiary/aromatic N) is 1. The summed E-state index contributed by atoms with van der Waals surface area (Å²) < 4.78 is 4.92. The van der Waals surface area contributed by atoms with E-state index in [1.54, 1.807) is 6.07 Å². The molecule has 0 fully saturated rings. The third kappa shape index (κ3) is 5.03. The summed E-state index contributed by atoms with van der Waals surface area (Å²) in [6.07, 6.45) is 2.26. The first-order valence-corrected chi connectivity index (χ1v) is 6.77. The van der Waals surface area contributed by atoms with Crippen LogP contribution in [0.2, 0.25) is 0 Å². The molecule has 116 valence electrons. The zero-order valence-corrected chi connectivity index (χ0v) is 12.2. The second-order valence-corrected chi connectivity index (χ2v) is 4.68. The van der Waals surface area contributed by atoms with E-state index in [0.717, 1.165) is 12.8 Å². The molecule has 0 aliphatic heterocycles. The molecule has 7 nitrogen and oxygen atoms in total. The van der Waals surface area contributed by atoms with Gasteiger partial charge in [-0.1, -0.05) is 25.8 Å². The molecule has 2 N–H and O–H groups in total. The van der Waals surface area contributed by atoms with Crippen LogP contribution in [0.5, 0.6) is 5.75 Å². The molecule has 0 aliphatic rings. The van der Waals surface area contributed by atoms with E-state index < -0.39 is 16.9 Å². The van der Waals surface area contributed by atoms with Gasteiger partial charge in [-0.3, -0.25) is 14.9 Å². The van der Waals surface area contributed by atoms with Crippen molar-refractivity contribution in [2.24, 2.45) is 0 Å². The van der Waals surface area contributed by atoms with Gasteiger partial charge in [-0.25, -0.2) is 0 Å². The average Bonchev–Trinajstić information content (AvgIpc) is 2.46. The number of carboxylic acid groups (broad SMARTS) is 1. The van der Waals surface area contributed by atoms with Gasteiger partial charge >= 0.3 is 11.7 Å². The highest BCUT2D eigenvalue weighted by atomic mass is 16.6. The van der Waals surface area contributed by atoms with Crippen LogP contribution in [-0.2, 0) is 11.3 Å². The van der Waals surface area contributed by atoms with Gasteiger partial charge in [-0.2, -0.15) is 0 Å². The molecule has 0 aromatic heterocycles. The van der Waals surface area contributed by atoms with Gasteiger partial charge in [0.05, 0.1) is 12.0 Å². The number of methoxy groups -OCH3 is 1. The lowest BCUT2D eigenvalue weighted by atomic mass is 10.1. The van der Waals surface area contributed by atoms with Crippen molar-refractivity contribution < 1.29 is 19.6 Å². The number of nitrogens with one attached hydrogen (secondary N) is 1. The van der Waals surface area contributed by atoms with Crippen LogP contribution in [0.4, 0.5) is 5.69 Å². The van der Waals surface area contributed by atoms with Crippen molar-refractivity contribution in [2.75, 3.05) is 7.11 Å². The highest BCUT2D eigenvalue weighted by Crippen LogP contribution is 2.27. The summed E-state index contributed by atoms with van der Waals surface area (Å²) in [4.78, 5) is 21.5. The zero-order chi connectivity index (χ0) is 15.8. The number of carboxylic acids is 1. The summed E-state index contributed by atoms with van der Waals surface area (Å²) >= 11 is 0. The van der Waals surface area contributed by atoms with Gasteiger partial charge in [-0.05, 0) is 18.1 Å². The SMILES string of the molecule is CCCC[C@H](NCc1ccc(OC)c([N+](=O)[O-])c1)C(=O)O. The van der Waals surface area contributed by atoms with Gasteiger partial charge in [0.2, 0.25) is 0 Å². The summed E-state index contributed by atoms with van der Waals surface area (Å²) in [5, 5.41) is 23.0. The smallest absolute Gasteiger partial charge is 0.320 e. The van der Waals surface area contributed by atoms with Crippen LogP contribution in [0.15, 0.2) is 18.2 Å². The zero-order valence-electron chi connectivity index (χ0n) is 12.2. The first-order valence-electron chi connectivity index (χ1n) is 6.77. The van der Waals surface area contributed by atoms with Crippen LogP contribution in [0.25, 0.3) is 0 Å². The molecule has 0 bridgehead atoms. The molecular weight excluding hydrogens is 276 g/mol. The molecule has 0 saturated heterocycles. The Kier molecular flexibility index (Phi) is 6.61. The Hall–Kier alpha value is -2.15. The van der Waals surface area contributed by atoms with Gasteiger partial charge in [0.15, 0.2) is 5.75 Å². The molecule has 0 saturated carbocycles. The Labute approximate surface area is 123 Å². The molecule has 0 heterocycles. The minimum Gasteiger partial charge on any atom is -0.490 e. The quantitative estimate of drug-likeness (QED) is 0.535. The number of benzene rings is 1. The molecule has 0 radical (unpaired) electrons. The van der Waals surface area contributed by atoms with Crippen LogP contribution in [0.1, 0.15) is 31.7 Å². The summed E-state index contributed by atoms with van der Waals surface area (Å²) in [7, 11) is 1.37.